The highest BCUT2D eigenvalue weighted by Crippen LogP contribution is 2.11. The minimum atomic E-state index is -0.879. The van der Waals surface area contributed by atoms with Crippen LogP contribution in [0, 0.1) is 41.4 Å². The van der Waals surface area contributed by atoms with Crippen LogP contribution in [0.5, 0.6) is 0 Å². The highest BCUT2D eigenvalue weighted by atomic mass is 28.1. The van der Waals surface area contributed by atoms with Crippen LogP contribution in [0.25, 0.3) is 0 Å². The molecule has 0 heterocycles. The number of esters is 3. The highest BCUT2D eigenvalue weighted by Gasteiger charge is 2.28. The Morgan fingerprint density at radius 1 is 0.794 bits per heavy atom. The first-order valence-electron chi connectivity index (χ1n) is 12.1. The lowest BCUT2D eigenvalue weighted by Crippen LogP contribution is -2.46. The Bertz CT molecular complexity index is 725. The van der Waals surface area contributed by atoms with Gasteiger partial charge in [-0.25, -0.2) is 0 Å². The van der Waals surface area contributed by atoms with Crippen LogP contribution < -0.4 is 5.32 Å². The zero-order valence-electron chi connectivity index (χ0n) is 22.1. The second kappa shape index (κ2) is 17.1. The van der Waals surface area contributed by atoms with Crippen LogP contribution in [-0.2, 0) is 33.4 Å². The summed E-state index contributed by atoms with van der Waals surface area (Å²) in [4.78, 5) is 48.9. The molecule has 0 aromatic heterocycles. The van der Waals surface area contributed by atoms with Crippen LogP contribution in [0.3, 0.4) is 0 Å². The lowest BCUT2D eigenvalue weighted by molar-refractivity contribution is -0.148. The molecule has 0 fully saturated rings. The average Bonchev–Trinajstić information content (AvgIpc) is 2.75. The lowest BCUT2D eigenvalue weighted by atomic mass is 10.0. The van der Waals surface area contributed by atoms with E-state index in [9.17, 15) is 19.2 Å². The minimum Gasteiger partial charge on any atom is -0.465 e. The maximum Gasteiger partial charge on any atom is 0.322 e. The Morgan fingerprint density at radius 3 is 1.82 bits per heavy atom. The van der Waals surface area contributed by atoms with Crippen LogP contribution in [0.1, 0.15) is 67.7 Å². The average molecular weight is 498 g/mol. The zero-order chi connectivity index (χ0) is 26.3. The molecule has 9 heteroatoms. The summed E-state index contributed by atoms with van der Waals surface area (Å²) in [6.45, 7) is 14.2. The van der Waals surface area contributed by atoms with Crippen molar-refractivity contribution in [1.29, 1.82) is 0 Å². The third-order valence-electron chi connectivity index (χ3n) is 4.56. The van der Waals surface area contributed by atoms with E-state index in [2.05, 4.69) is 17.2 Å². The Morgan fingerprint density at radius 2 is 1.29 bits per heavy atom. The van der Waals surface area contributed by atoms with Gasteiger partial charge >= 0.3 is 17.9 Å². The molecule has 1 N–H and O–H groups in total. The van der Waals surface area contributed by atoms with Crippen LogP contribution in [0.2, 0.25) is 0 Å². The normalized spacial score (nSPS) is 13.6. The summed E-state index contributed by atoms with van der Waals surface area (Å²) >= 11 is 0. The molecule has 0 radical (unpaired) electrons. The van der Waals surface area contributed by atoms with E-state index >= 15 is 0 Å². The quantitative estimate of drug-likeness (QED) is 0.169. The zero-order valence-corrected chi connectivity index (χ0v) is 24.1. The summed E-state index contributed by atoms with van der Waals surface area (Å²) in [7, 11) is 0.436. The smallest absolute Gasteiger partial charge is 0.322 e. The van der Waals surface area contributed by atoms with Crippen LogP contribution in [0.4, 0.5) is 0 Å². The van der Waals surface area contributed by atoms with Gasteiger partial charge in [0, 0.05) is 28.2 Å². The van der Waals surface area contributed by atoms with Gasteiger partial charge < -0.3 is 19.5 Å². The van der Waals surface area contributed by atoms with E-state index in [0.717, 1.165) is 0 Å². The van der Waals surface area contributed by atoms with Gasteiger partial charge in [-0.2, -0.15) is 0 Å². The lowest BCUT2D eigenvalue weighted by Gasteiger charge is -2.22. The maximum absolute atomic E-state index is 12.6. The largest absolute Gasteiger partial charge is 0.465 e. The Labute approximate surface area is 207 Å². The summed E-state index contributed by atoms with van der Waals surface area (Å²) in [6, 6.07) is 0. The molecule has 194 valence electrons. The molecule has 34 heavy (non-hydrogen) atoms. The molecule has 2 unspecified atom stereocenters. The minimum absolute atomic E-state index is 0.141. The molecule has 8 nitrogen and oxygen atoms in total. The number of rotatable bonds is 14. The molecule has 0 rings (SSSR count). The van der Waals surface area contributed by atoms with Crippen molar-refractivity contribution >= 4 is 34.1 Å². The predicted molar refractivity (Wildman–Crippen MR) is 134 cm³/mol. The summed E-state index contributed by atoms with van der Waals surface area (Å²) in [5.41, 5.74) is -0.512. The first-order valence-corrected chi connectivity index (χ1v) is 13.3. The van der Waals surface area contributed by atoms with Gasteiger partial charge in [-0.3, -0.25) is 19.2 Å². The Kier molecular flexibility index (Phi) is 16.0. The van der Waals surface area contributed by atoms with E-state index in [-0.39, 0.29) is 49.1 Å². The number of nitrogens with one attached hydrogen (secondary N) is 1. The van der Waals surface area contributed by atoms with Crippen molar-refractivity contribution in [2.45, 2.75) is 73.4 Å². The van der Waals surface area contributed by atoms with Crippen LogP contribution >= 0.6 is 0 Å². The van der Waals surface area contributed by atoms with Crippen molar-refractivity contribution in [2.75, 3.05) is 19.8 Å². The first-order chi connectivity index (χ1) is 15.8. The van der Waals surface area contributed by atoms with Crippen LogP contribution in [-0.4, -0.2) is 59.5 Å². The molecule has 0 aliphatic carbocycles. The molecular weight excluding hydrogens is 454 g/mol. The maximum atomic E-state index is 12.6. The van der Waals surface area contributed by atoms with E-state index in [1.54, 1.807) is 6.92 Å². The molecule has 0 bridgehead atoms. The molecule has 1 amide bonds. The topological polar surface area (TPSA) is 108 Å². The number of hydrogen-bond acceptors (Lipinski definition) is 7. The van der Waals surface area contributed by atoms with Gasteiger partial charge in [-0.15, -0.1) is 0 Å². The number of carbonyl (C=O) groups is 4. The fourth-order valence-corrected chi connectivity index (χ4v) is 3.24. The number of amides is 1. The second-order valence-electron chi connectivity index (χ2n) is 9.89. The predicted octanol–water partition coefficient (Wildman–Crippen LogP) is 1.82. The van der Waals surface area contributed by atoms with Crippen molar-refractivity contribution in [2.24, 2.45) is 29.6 Å². The van der Waals surface area contributed by atoms with Crippen molar-refractivity contribution in [3.63, 3.8) is 0 Å². The van der Waals surface area contributed by atoms with Gasteiger partial charge in [0.25, 0.3) is 0 Å². The summed E-state index contributed by atoms with van der Waals surface area (Å²) < 4.78 is 15.6. The van der Waals surface area contributed by atoms with E-state index in [4.69, 9.17) is 14.2 Å². The summed E-state index contributed by atoms with van der Waals surface area (Å²) in [5.74, 6) is 3.24. The molecule has 0 spiro atoms. The fourth-order valence-electron chi connectivity index (χ4n) is 2.52. The molecule has 0 aromatic rings. The van der Waals surface area contributed by atoms with E-state index in [1.165, 1.54) is 0 Å². The van der Waals surface area contributed by atoms with Crippen molar-refractivity contribution in [3.8, 4) is 11.8 Å². The molecular formula is C25H43NO7Si. The first kappa shape index (κ1) is 31.7. The summed E-state index contributed by atoms with van der Waals surface area (Å²) in [6.07, 6.45) is 0.343. The monoisotopic (exact) mass is 497 g/mol. The summed E-state index contributed by atoms with van der Waals surface area (Å²) in [5, 5.41) is 2.85. The van der Waals surface area contributed by atoms with Gasteiger partial charge in [0.15, 0.2) is 0 Å². The molecule has 0 saturated carbocycles. The van der Waals surface area contributed by atoms with Gasteiger partial charge in [-0.1, -0.05) is 60.3 Å². The second-order valence-corrected chi connectivity index (χ2v) is 11.1. The molecule has 3 atom stereocenters. The van der Waals surface area contributed by atoms with Crippen molar-refractivity contribution in [1.82, 2.24) is 5.32 Å². The fraction of sp³-hybridized carbons (Fsp3) is 0.760. The molecule has 0 aromatic carbocycles. The SMILES string of the molecule is CC(C)COC(=O)CC#CC(C(=O)OCC(C)C)C([SiH3])NC(=O)[C@@H](C)CCC(=O)OCC(C)C. The van der Waals surface area contributed by atoms with E-state index in [0.29, 0.717) is 29.9 Å². The van der Waals surface area contributed by atoms with E-state index < -0.39 is 29.4 Å². The van der Waals surface area contributed by atoms with Gasteiger partial charge in [-0.05, 0) is 24.2 Å². The third kappa shape index (κ3) is 15.5. The van der Waals surface area contributed by atoms with Crippen LogP contribution in [0.15, 0.2) is 0 Å². The van der Waals surface area contributed by atoms with Gasteiger partial charge in [0.05, 0.1) is 19.8 Å². The Balaban J connectivity index is 5.02. The third-order valence-corrected chi connectivity index (χ3v) is 5.51. The highest BCUT2D eigenvalue weighted by molar-refractivity contribution is 6.15. The number of hydrogen-bond donors (Lipinski definition) is 1. The Hall–Kier alpha value is -2.34. The van der Waals surface area contributed by atoms with Gasteiger partial charge in [0.1, 0.15) is 12.3 Å². The number of carbonyl (C=O) groups excluding carboxylic acids is 4. The van der Waals surface area contributed by atoms with Crippen molar-refractivity contribution < 1.29 is 33.4 Å². The van der Waals surface area contributed by atoms with Crippen molar-refractivity contribution in [3.05, 3.63) is 0 Å². The molecule has 0 aliphatic heterocycles. The molecule has 0 saturated heterocycles. The van der Waals surface area contributed by atoms with Gasteiger partial charge in [0.2, 0.25) is 5.91 Å². The molecule has 0 aliphatic rings. The number of ether oxygens (including phenoxy) is 3. The van der Waals surface area contributed by atoms with E-state index in [1.807, 2.05) is 41.5 Å². The standard InChI is InChI=1S/C25H43NO7Si/c1-16(2)13-31-21(27)10-8-9-20(25(30)33-15-18(5)6)24(34)26-23(29)19(7)11-12-22(28)32-14-17(3)4/h16-20,24H,10-15H2,1-7,34H3,(H,26,29)/t19-,20?,24?/m0/s1.